The van der Waals surface area contributed by atoms with Crippen LogP contribution in [0.15, 0.2) is 48.0 Å². The van der Waals surface area contributed by atoms with Crippen LogP contribution in [0.3, 0.4) is 0 Å². The number of likely N-dealkylation sites (tertiary alicyclic amines) is 1. The minimum absolute atomic E-state index is 0.139. The first kappa shape index (κ1) is 28.7. The van der Waals surface area contributed by atoms with Crippen molar-refractivity contribution in [2.75, 3.05) is 18.4 Å². The molecule has 2 amide bonds. The summed E-state index contributed by atoms with van der Waals surface area (Å²) in [5, 5.41) is 10.9. The number of amides is 2. The fourth-order valence-corrected chi connectivity index (χ4v) is 6.04. The summed E-state index contributed by atoms with van der Waals surface area (Å²) in [6, 6.07) is 11.1. The number of aromatic nitrogens is 4. The number of alkyl halides is 2. The molecule has 1 saturated heterocycles. The van der Waals surface area contributed by atoms with E-state index in [2.05, 4.69) is 20.5 Å². The van der Waals surface area contributed by atoms with Gasteiger partial charge in [0.1, 0.15) is 11.3 Å². The van der Waals surface area contributed by atoms with Crippen molar-refractivity contribution in [3.05, 3.63) is 76.2 Å². The van der Waals surface area contributed by atoms with Crippen LogP contribution in [0.4, 0.5) is 18.3 Å². The Labute approximate surface area is 249 Å². The van der Waals surface area contributed by atoms with Crippen LogP contribution >= 0.6 is 11.3 Å². The highest BCUT2D eigenvalue weighted by molar-refractivity contribution is 7.13. The number of nitrogens with one attached hydrogen (secondary N) is 1. The molecule has 3 aromatic heterocycles. The fourth-order valence-electron chi connectivity index (χ4n) is 5.60. The van der Waals surface area contributed by atoms with Crippen LogP contribution in [-0.4, -0.2) is 55.9 Å². The Balaban J connectivity index is 1.38. The molecule has 2 aliphatic heterocycles. The van der Waals surface area contributed by atoms with E-state index in [4.69, 9.17) is 9.72 Å². The number of rotatable bonds is 5. The highest BCUT2D eigenvalue weighted by atomic mass is 32.1. The zero-order valence-corrected chi connectivity index (χ0v) is 24.6. The molecule has 0 radical (unpaired) electrons. The van der Waals surface area contributed by atoms with Gasteiger partial charge in [0.25, 0.3) is 11.8 Å². The van der Waals surface area contributed by atoms with Gasteiger partial charge in [0.2, 0.25) is 22.8 Å². The van der Waals surface area contributed by atoms with Crippen LogP contribution in [0.1, 0.15) is 54.4 Å². The second-order valence-electron chi connectivity index (χ2n) is 11.4. The average molecular weight is 609 g/mol. The van der Waals surface area contributed by atoms with E-state index in [1.807, 2.05) is 39.8 Å². The van der Waals surface area contributed by atoms with Crippen LogP contribution in [0.2, 0.25) is 0 Å². The van der Waals surface area contributed by atoms with Gasteiger partial charge in [-0.15, -0.1) is 10.2 Å². The molecule has 4 aromatic rings. The number of hydrogen-bond donors (Lipinski definition) is 1. The largest absolute Gasteiger partial charge is 0.420 e. The van der Waals surface area contributed by atoms with Crippen LogP contribution < -0.4 is 10.1 Å². The number of carbonyl (C=O) groups excluding carboxylic acids is 2. The number of anilines is 1. The normalized spacial score (nSPS) is 18.9. The zero-order valence-electron chi connectivity index (χ0n) is 23.7. The van der Waals surface area contributed by atoms with E-state index >= 15 is 4.39 Å². The number of fused-ring (bicyclic) bond motifs is 2. The molecule has 9 nitrogen and oxygen atoms in total. The van der Waals surface area contributed by atoms with Crippen molar-refractivity contribution in [1.82, 2.24) is 25.1 Å². The molecule has 0 bridgehead atoms. The van der Waals surface area contributed by atoms with Gasteiger partial charge in [-0.25, -0.2) is 23.1 Å². The van der Waals surface area contributed by atoms with Gasteiger partial charge in [0.15, 0.2) is 0 Å². The number of ether oxygens (including phenoxy) is 1. The van der Waals surface area contributed by atoms with Gasteiger partial charge in [0.05, 0.1) is 23.2 Å². The van der Waals surface area contributed by atoms with Gasteiger partial charge in [-0.05, 0) is 52.0 Å². The fraction of sp³-hybridized carbons (Fsp3) is 0.333. The van der Waals surface area contributed by atoms with Crippen molar-refractivity contribution in [3.63, 3.8) is 0 Å². The van der Waals surface area contributed by atoms with Crippen LogP contribution in [0.5, 0.6) is 11.8 Å². The molecule has 1 fully saturated rings. The second kappa shape index (κ2) is 10.1. The summed E-state index contributed by atoms with van der Waals surface area (Å²) in [6.45, 7) is 6.50. The average Bonchev–Trinajstić information content (AvgIpc) is 3.61. The molecule has 5 heterocycles. The Morgan fingerprint density at radius 3 is 2.44 bits per heavy atom. The highest BCUT2D eigenvalue weighted by Gasteiger charge is 2.54. The summed E-state index contributed by atoms with van der Waals surface area (Å²) in [5.41, 5.74) is 1.90. The minimum atomic E-state index is -2.98. The quantitative estimate of drug-likeness (QED) is 0.296. The number of halogens is 3. The van der Waals surface area contributed by atoms with E-state index < -0.39 is 41.4 Å². The van der Waals surface area contributed by atoms with Gasteiger partial charge in [-0.2, -0.15) is 0 Å². The SMILES string of the molecule is Cc1ccc2c(n1)Oc1nc(-c3ccc(C(=O)N4CCC(F)(F)C4)c(F)c3)ccc1C2(C)C(C)(C)C(=O)Nc1nncs1. The summed E-state index contributed by atoms with van der Waals surface area (Å²) in [4.78, 5) is 36.7. The van der Waals surface area contributed by atoms with E-state index in [9.17, 15) is 18.4 Å². The zero-order chi connectivity index (χ0) is 30.7. The van der Waals surface area contributed by atoms with Gasteiger partial charge in [0, 0.05) is 40.8 Å². The number of aryl methyl sites for hydroxylation is 1. The Bertz CT molecular complexity index is 1760. The van der Waals surface area contributed by atoms with Crippen molar-refractivity contribution in [2.45, 2.75) is 45.5 Å². The lowest BCUT2D eigenvalue weighted by Gasteiger charge is -2.46. The van der Waals surface area contributed by atoms with Crippen molar-refractivity contribution in [3.8, 4) is 23.0 Å². The van der Waals surface area contributed by atoms with Gasteiger partial charge in [-0.1, -0.05) is 29.5 Å². The number of nitrogens with zero attached hydrogens (tertiary/aromatic N) is 5. The number of carbonyl (C=O) groups is 2. The topological polar surface area (TPSA) is 110 Å². The molecule has 0 spiro atoms. The predicted octanol–water partition coefficient (Wildman–Crippen LogP) is 6.00. The van der Waals surface area contributed by atoms with E-state index in [1.54, 1.807) is 12.1 Å². The van der Waals surface area contributed by atoms with Crippen molar-refractivity contribution >= 4 is 28.3 Å². The third-order valence-electron chi connectivity index (χ3n) is 8.48. The van der Waals surface area contributed by atoms with Gasteiger partial charge in [-0.3, -0.25) is 9.59 Å². The molecule has 0 saturated carbocycles. The molecule has 2 aliphatic rings. The molecule has 1 N–H and O–H groups in total. The molecule has 1 aromatic carbocycles. The van der Waals surface area contributed by atoms with Crippen LogP contribution in [0.25, 0.3) is 11.3 Å². The molecule has 13 heteroatoms. The summed E-state index contributed by atoms with van der Waals surface area (Å²) in [5.74, 6) is -4.42. The second-order valence-corrected chi connectivity index (χ2v) is 12.3. The van der Waals surface area contributed by atoms with Crippen molar-refractivity contribution in [1.29, 1.82) is 0 Å². The lowest BCUT2D eigenvalue weighted by molar-refractivity contribution is -0.126. The third-order valence-corrected chi connectivity index (χ3v) is 9.09. The van der Waals surface area contributed by atoms with Crippen LogP contribution in [0, 0.1) is 18.2 Å². The maximum Gasteiger partial charge on any atom is 0.267 e. The maximum atomic E-state index is 15.2. The lowest BCUT2D eigenvalue weighted by Crippen LogP contribution is -2.50. The monoisotopic (exact) mass is 608 g/mol. The highest BCUT2D eigenvalue weighted by Crippen LogP contribution is 2.56. The molecule has 222 valence electrons. The Kier molecular flexibility index (Phi) is 6.75. The summed E-state index contributed by atoms with van der Waals surface area (Å²) in [7, 11) is 0. The number of hydrogen-bond acceptors (Lipinski definition) is 8. The molecular formula is C30H27F3N6O3S. The third kappa shape index (κ3) is 4.81. The number of pyridine rings is 2. The first-order chi connectivity index (χ1) is 20.3. The van der Waals surface area contributed by atoms with Gasteiger partial charge >= 0.3 is 0 Å². The molecule has 43 heavy (non-hydrogen) atoms. The Morgan fingerprint density at radius 2 is 1.79 bits per heavy atom. The minimum Gasteiger partial charge on any atom is -0.420 e. The standard InChI is InChI=1S/C30H27F3N6O3S/c1-16-5-8-19-23(35-16)42-24-20(29(19,4)28(2,3)26(41)37-27-38-34-15-43-27)9-10-22(36-24)17-6-7-18(21(31)13-17)25(40)39-12-11-30(32,33)14-39/h5-10,13,15H,11-12,14H2,1-4H3,(H,37,38,41). The first-order valence-electron chi connectivity index (χ1n) is 13.5. The van der Waals surface area contributed by atoms with E-state index in [0.29, 0.717) is 39.1 Å². The molecule has 1 atom stereocenters. The summed E-state index contributed by atoms with van der Waals surface area (Å²) >= 11 is 1.21. The van der Waals surface area contributed by atoms with Crippen molar-refractivity contribution < 1.29 is 27.5 Å². The summed E-state index contributed by atoms with van der Waals surface area (Å²) < 4.78 is 48.6. The summed E-state index contributed by atoms with van der Waals surface area (Å²) in [6.07, 6.45) is -0.450. The van der Waals surface area contributed by atoms with Crippen LogP contribution in [-0.2, 0) is 10.2 Å². The molecule has 1 unspecified atom stereocenters. The Hall–Kier alpha value is -4.39. The smallest absolute Gasteiger partial charge is 0.267 e. The maximum absolute atomic E-state index is 15.2. The van der Waals surface area contributed by atoms with E-state index in [1.165, 1.54) is 29.0 Å². The predicted molar refractivity (Wildman–Crippen MR) is 153 cm³/mol. The Morgan fingerprint density at radius 1 is 1.07 bits per heavy atom. The molecule has 6 rings (SSSR count). The van der Waals surface area contributed by atoms with Gasteiger partial charge < -0.3 is 15.0 Å². The first-order valence-corrected chi connectivity index (χ1v) is 14.4. The molecule has 0 aliphatic carbocycles. The van der Waals surface area contributed by atoms with E-state index in [0.717, 1.165) is 11.0 Å². The van der Waals surface area contributed by atoms with Crippen molar-refractivity contribution in [2.24, 2.45) is 5.41 Å². The molecular weight excluding hydrogens is 581 g/mol. The lowest BCUT2D eigenvalue weighted by atomic mass is 9.58. The van der Waals surface area contributed by atoms with E-state index in [-0.39, 0.29) is 23.9 Å². The number of benzene rings is 1.